The van der Waals surface area contributed by atoms with Crippen LogP contribution in [0.5, 0.6) is 0 Å². The van der Waals surface area contributed by atoms with Crippen LogP contribution in [0.2, 0.25) is 0 Å². The molecule has 0 fully saturated rings. The van der Waals surface area contributed by atoms with Gasteiger partial charge in [0.1, 0.15) is 5.82 Å². The molecule has 0 heterocycles. The second kappa shape index (κ2) is 3.54. The van der Waals surface area contributed by atoms with Crippen LogP contribution in [0.3, 0.4) is 0 Å². The normalized spacial score (nSPS) is 17.2. The largest absolute Gasteiger partial charge is 0.324 e. The van der Waals surface area contributed by atoms with Crippen LogP contribution in [0.15, 0.2) is 23.8 Å². The molecule has 74 valence electrons. The molecule has 0 saturated carbocycles. The highest BCUT2D eigenvalue weighted by atomic mass is 19.1. The third kappa shape index (κ3) is 1.58. The van der Waals surface area contributed by atoms with E-state index in [0.29, 0.717) is 0 Å². The summed E-state index contributed by atoms with van der Waals surface area (Å²) in [4.78, 5) is 0. The van der Waals surface area contributed by atoms with Gasteiger partial charge in [-0.15, -0.1) is 0 Å². The molecule has 0 amide bonds. The van der Waals surface area contributed by atoms with Gasteiger partial charge in [0.15, 0.2) is 0 Å². The van der Waals surface area contributed by atoms with Gasteiger partial charge in [0, 0.05) is 6.04 Å². The van der Waals surface area contributed by atoms with Gasteiger partial charge in [0.05, 0.1) is 0 Å². The first-order valence-electron chi connectivity index (χ1n) is 4.92. The minimum absolute atomic E-state index is 0.0754. The number of benzene rings is 1. The van der Waals surface area contributed by atoms with Crippen LogP contribution in [-0.4, -0.2) is 6.04 Å². The van der Waals surface area contributed by atoms with Crippen LogP contribution >= 0.6 is 0 Å². The van der Waals surface area contributed by atoms with Crippen LogP contribution < -0.4 is 5.73 Å². The van der Waals surface area contributed by atoms with Crippen molar-refractivity contribution >= 4 is 6.08 Å². The second-order valence-corrected chi connectivity index (χ2v) is 3.82. The van der Waals surface area contributed by atoms with Crippen molar-refractivity contribution in [1.82, 2.24) is 0 Å². The third-order valence-electron chi connectivity index (χ3n) is 2.74. The molecule has 0 aliphatic heterocycles. The average molecular weight is 191 g/mol. The van der Waals surface area contributed by atoms with Crippen molar-refractivity contribution in [3.05, 3.63) is 40.7 Å². The molecule has 1 aromatic rings. The molecule has 0 saturated heterocycles. The first-order valence-corrected chi connectivity index (χ1v) is 4.92. The maximum atomic E-state index is 13.3. The van der Waals surface area contributed by atoms with Crippen molar-refractivity contribution in [1.29, 1.82) is 0 Å². The standard InChI is InChI=1S/C12H14FN/c1-8(14)9-5-6-11-10(7-9)3-2-4-12(11)13/h2-4,7-8H,5-6,14H2,1H3. The maximum Gasteiger partial charge on any atom is 0.127 e. The third-order valence-corrected chi connectivity index (χ3v) is 2.74. The van der Waals surface area contributed by atoms with E-state index in [2.05, 4.69) is 0 Å². The first kappa shape index (κ1) is 9.41. The summed E-state index contributed by atoms with van der Waals surface area (Å²) in [7, 11) is 0. The van der Waals surface area contributed by atoms with Gasteiger partial charge >= 0.3 is 0 Å². The zero-order chi connectivity index (χ0) is 10.1. The van der Waals surface area contributed by atoms with E-state index >= 15 is 0 Å². The van der Waals surface area contributed by atoms with Crippen molar-refractivity contribution in [3.8, 4) is 0 Å². The van der Waals surface area contributed by atoms with Crippen LogP contribution in [0.4, 0.5) is 4.39 Å². The lowest BCUT2D eigenvalue weighted by molar-refractivity contribution is 0.604. The van der Waals surface area contributed by atoms with Crippen LogP contribution in [-0.2, 0) is 6.42 Å². The molecular weight excluding hydrogens is 177 g/mol. The maximum absolute atomic E-state index is 13.3. The Morgan fingerprint density at radius 2 is 2.14 bits per heavy atom. The quantitative estimate of drug-likeness (QED) is 0.725. The highest BCUT2D eigenvalue weighted by molar-refractivity contribution is 5.60. The molecule has 0 radical (unpaired) electrons. The lowest BCUT2D eigenvalue weighted by atomic mass is 9.89. The van der Waals surface area contributed by atoms with Crippen LogP contribution in [0, 0.1) is 5.82 Å². The van der Waals surface area contributed by atoms with Gasteiger partial charge in [0.2, 0.25) is 0 Å². The van der Waals surface area contributed by atoms with Crippen molar-refractivity contribution in [2.45, 2.75) is 25.8 Å². The number of hydrogen-bond acceptors (Lipinski definition) is 1. The molecular formula is C12H14FN. The highest BCUT2D eigenvalue weighted by Gasteiger charge is 2.15. The van der Waals surface area contributed by atoms with E-state index in [-0.39, 0.29) is 11.9 Å². The van der Waals surface area contributed by atoms with E-state index in [4.69, 9.17) is 5.73 Å². The van der Waals surface area contributed by atoms with E-state index in [9.17, 15) is 4.39 Å². The number of nitrogens with two attached hydrogens (primary N) is 1. The summed E-state index contributed by atoms with van der Waals surface area (Å²) < 4.78 is 13.3. The first-order chi connectivity index (χ1) is 6.68. The zero-order valence-electron chi connectivity index (χ0n) is 8.26. The smallest absolute Gasteiger partial charge is 0.127 e. The predicted octanol–water partition coefficient (Wildman–Crippen LogP) is 2.50. The second-order valence-electron chi connectivity index (χ2n) is 3.82. The Hall–Kier alpha value is -1.15. The summed E-state index contributed by atoms with van der Waals surface area (Å²) >= 11 is 0. The SMILES string of the molecule is CC(N)C1=Cc2cccc(F)c2CC1. The summed E-state index contributed by atoms with van der Waals surface area (Å²) in [5.41, 5.74) is 8.83. The summed E-state index contributed by atoms with van der Waals surface area (Å²) in [5, 5.41) is 0. The van der Waals surface area contributed by atoms with Crippen molar-refractivity contribution in [2.75, 3.05) is 0 Å². The van der Waals surface area contributed by atoms with Crippen molar-refractivity contribution < 1.29 is 4.39 Å². The van der Waals surface area contributed by atoms with E-state index in [1.807, 2.05) is 19.1 Å². The predicted molar refractivity (Wildman–Crippen MR) is 56.3 cm³/mol. The van der Waals surface area contributed by atoms with Crippen LogP contribution in [0.1, 0.15) is 24.5 Å². The molecule has 1 aliphatic rings. The summed E-state index contributed by atoms with van der Waals surface area (Å²) in [6, 6.07) is 5.28. The lowest BCUT2D eigenvalue weighted by Gasteiger charge is -2.19. The Bertz CT molecular complexity index is 380. The van der Waals surface area contributed by atoms with Crippen molar-refractivity contribution in [2.24, 2.45) is 5.73 Å². The van der Waals surface area contributed by atoms with E-state index in [0.717, 1.165) is 24.0 Å². The van der Waals surface area contributed by atoms with Gasteiger partial charge in [0.25, 0.3) is 0 Å². The highest BCUT2D eigenvalue weighted by Crippen LogP contribution is 2.26. The number of halogens is 1. The Morgan fingerprint density at radius 3 is 2.86 bits per heavy atom. The van der Waals surface area contributed by atoms with Gasteiger partial charge in [-0.05, 0) is 37.0 Å². The lowest BCUT2D eigenvalue weighted by Crippen LogP contribution is -2.20. The molecule has 0 bridgehead atoms. The summed E-state index contributed by atoms with van der Waals surface area (Å²) in [6.07, 6.45) is 3.67. The molecule has 1 unspecified atom stereocenters. The number of fused-ring (bicyclic) bond motifs is 1. The Balaban J connectivity index is 2.45. The molecule has 1 atom stereocenters. The van der Waals surface area contributed by atoms with E-state index in [1.54, 1.807) is 6.07 Å². The molecule has 2 rings (SSSR count). The molecule has 1 nitrogen and oxygen atoms in total. The number of rotatable bonds is 1. The summed E-state index contributed by atoms with van der Waals surface area (Å²) in [6.45, 7) is 1.97. The Morgan fingerprint density at radius 1 is 1.36 bits per heavy atom. The molecule has 1 aliphatic carbocycles. The molecule has 0 aromatic heterocycles. The van der Waals surface area contributed by atoms with Gasteiger partial charge in [-0.2, -0.15) is 0 Å². The molecule has 2 N–H and O–H groups in total. The molecule has 1 aromatic carbocycles. The minimum Gasteiger partial charge on any atom is -0.324 e. The van der Waals surface area contributed by atoms with E-state index in [1.165, 1.54) is 11.6 Å². The fourth-order valence-electron chi connectivity index (χ4n) is 1.87. The fourth-order valence-corrected chi connectivity index (χ4v) is 1.87. The molecule has 0 spiro atoms. The van der Waals surface area contributed by atoms with Gasteiger partial charge in [-0.3, -0.25) is 0 Å². The van der Waals surface area contributed by atoms with Gasteiger partial charge < -0.3 is 5.73 Å². The van der Waals surface area contributed by atoms with Crippen molar-refractivity contribution in [3.63, 3.8) is 0 Å². The topological polar surface area (TPSA) is 26.0 Å². The van der Waals surface area contributed by atoms with E-state index < -0.39 is 0 Å². The minimum atomic E-state index is -0.0949. The number of hydrogen-bond donors (Lipinski definition) is 1. The Kier molecular flexibility index (Phi) is 2.38. The fraction of sp³-hybridized carbons (Fsp3) is 0.333. The molecule has 14 heavy (non-hydrogen) atoms. The average Bonchev–Trinajstić information content (AvgIpc) is 2.17. The van der Waals surface area contributed by atoms with Gasteiger partial charge in [-0.1, -0.05) is 23.8 Å². The zero-order valence-corrected chi connectivity index (χ0v) is 8.26. The molecule has 2 heteroatoms. The summed E-state index contributed by atoms with van der Waals surface area (Å²) in [5.74, 6) is -0.0949. The monoisotopic (exact) mass is 191 g/mol. The Labute approximate surface area is 83.4 Å². The van der Waals surface area contributed by atoms with Crippen LogP contribution in [0.25, 0.3) is 6.08 Å². The van der Waals surface area contributed by atoms with Gasteiger partial charge in [-0.25, -0.2) is 4.39 Å².